The fourth-order valence-corrected chi connectivity index (χ4v) is 5.41. The van der Waals surface area contributed by atoms with Crippen LogP contribution in [0, 0.1) is 0 Å². The van der Waals surface area contributed by atoms with E-state index in [-0.39, 0.29) is 11.9 Å². The maximum Gasteiger partial charge on any atom is 0.266 e. The summed E-state index contributed by atoms with van der Waals surface area (Å²) in [5, 5.41) is 2.24. The first-order valence-corrected chi connectivity index (χ1v) is 11.3. The van der Waals surface area contributed by atoms with Gasteiger partial charge in [-0.1, -0.05) is 80.5 Å². The molecule has 1 aliphatic heterocycles. The van der Waals surface area contributed by atoms with Crippen LogP contribution in [-0.4, -0.2) is 27.8 Å². The first-order valence-electron chi connectivity index (χ1n) is 10.1. The summed E-state index contributed by atoms with van der Waals surface area (Å²) >= 11 is 7.01. The summed E-state index contributed by atoms with van der Waals surface area (Å²) in [6.07, 6.45) is 8.65. The van der Waals surface area contributed by atoms with Crippen molar-refractivity contribution >= 4 is 51.1 Å². The van der Waals surface area contributed by atoms with Crippen molar-refractivity contribution in [2.75, 3.05) is 6.61 Å². The first kappa shape index (κ1) is 19.5. The van der Waals surface area contributed by atoms with E-state index in [1.165, 1.54) is 31.0 Å². The maximum absolute atomic E-state index is 13.2. The molecule has 0 bridgehead atoms. The zero-order valence-electron chi connectivity index (χ0n) is 16.1. The number of hydrogen-bond donors (Lipinski definition) is 0. The Morgan fingerprint density at radius 1 is 1.18 bits per heavy atom. The molecule has 146 valence electrons. The van der Waals surface area contributed by atoms with E-state index >= 15 is 0 Å². The van der Waals surface area contributed by atoms with Crippen molar-refractivity contribution in [2.45, 2.75) is 51.5 Å². The maximum atomic E-state index is 13.2. The van der Waals surface area contributed by atoms with E-state index in [0.29, 0.717) is 15.8 Å². The quantitative estimate of drug-likeness (QED) is 0.435. The van der Waals surface area contributed by atoms with E-state index < -0.39 is 0 Å². The van der Waals surface area contributed by atoms with E-state index in [2.05, 4.69) is 25.1 Å². The highest BCUT2D eigenvalue weighted by molar-refractivity contribution is 8.26. The molecule has 2 aliphatic rings. The Morgan fingerprint density at radius 2 is 1.96 bits per heavy atom. The molecule has 2 aromatic carbocycles. The number of thiocarbonyl (C=S) groups is 1. The van der Waals surface area contributed by atoms with Gasteiger partial charge in [-0.2, -0.15) is 0 Å². The summed E-state index contributed by atoms with van der Waals surface area (Å²) in [5.41, 5.74) is 0.968. The molecule has 1 saturated carbocycles. The highest BCUT2D eigenvalue weighted by Gasteiger charge is 2.37. The van der Waals surface area contributed by atoms with Crippen LogP contribution in [0.2, 0.25) is 0 Å². The van der Waals surface area contributed by atoms with Crippen molar-refractivity contribution in [1.29, 1.82) is 0 Å². The van der Waals surface area contributed by atoms with Gasteiger partial charge in [0.05, 0.1) is 11.5 Å². The summed E-state index contributed by atoms with van der Waals surface area (Å²) < 4.78 is 6.69. The van der Waals surface area contributed by atoms with E-state index in [9.17, 15) is 4.79 Å². The van der Waals surface area contributed by atoms with Crippen LogP contribution < -0.4 is 4.74 Å². The van der Waals surface area contributed by atoms with Crippen molar-refractivity contribution in [1.82, 2.24) is 4.90 Å². The monoisotopic (exact) mass is 411 g/mol. The summed E-state index contributed by atoms with van der Waals surface area (Å²) in [6.45, 7) is 2.75. The van der Waals surface area contributed by atoms with Crippen LogP contribution in [-0.2, 0) is 4.79 Å². The summed E-state index contributed by atoms with van der Waals surface area (Å²) in [5.74, 6) is 0.875. The number of hydrogen-bond acceptors (Lipinski definition) is 4. The number of rotatable bonds is 5. The summed E-state index contributed by atoms with van der Waals surface area (Å²) in [7, 11) is 0. The highest BCUT2D eigenvalue weighted by Crippen LogP contribution is 2.39. The van der Waals surface area contributed by atoms with Gasteiger partial charge in [0.2, 0.25) is 0 Å². The molecule has 0 N–H and O–H groups in total. The van der Waals surface area contributed by atoms with Crippen molar-refractivity contribution in [2.24, 2.45) is 0 Å². The molecular weight excluding hydrogens is 386 g/mol. The molecular formula is C23H25NO2S2. The van der Waals surface area contributed by atoms with Gasteiger partial charge in [0.25, 0.3) is 5.91 Å². The van der Waals surface area contributed by atoms with Crippen LogP contribution in [0.25, 0.3) is 16.8 Å². The van der Waals surface area contributed by atoms with Gasteiger partial charge in [0.15, 0.2) is 0 Å². The van der Waals surface area contributed by atoms with Crippen molar-refractivity contribution < 1.29 is 9.53 Å². The Morgan fingerprint density at radius 3 is 2.75 bits per heavy atom. The fourth-order valence-electron chi connectivity index (χ4n) is 4.03. The molecule has 0 spiro atoms. The third kappa shape index (κ3) is 3.83. The van der Waals surface area contributed by atoms with Gasteiger partial charge in [0.1, 0.15) is 10.1 Å². The molecule has 1 amide bonds. The second-order valence-corrected chi connectivity index (χ2v) is 9.07. The summed E-state index contributed by atoms with van der Waals surface area (Å²) in [4.78, 5) is 15.8. The molecule has 5 heteroatoms. The molecule has 1 heterocycles. The van der Waals surface area contributed by atoms with Gasteiger partial charge < -0.3 is 4.74 Å². The Kier molecular flexibility index (Phi) is 6.02. The van der Waals surface area contributed by atoms with Crippen LogP contribution in [0.1, 0.15) is 51.0 Å². The number of benzene rings is 2. The number of nitrogens with zero attached hydrogens (tertiary/aromatic N) is 1. The van der Waals surface area contributed by atoms with E-state index in [1.807, 2.05) is 29.2 Å². The van der Waals surface area contributed by atoms with Crippen LogP contribution >= 0.6 is 24.0 Å². The third-order valence-electron chi connectivity index (χ3n) is 5.43. The zero-order valence-corrected chi connectivity index (χ0v) is 17.8. The SMILES string of the molecule is CCCOc1ccc2ccccc2c1/C=C1/SC(=S)N(C2CCCCC2)C1=O. The molecule has 0 unspecified atom stereocenters. The minimum atomic E-state index is 0.0521. The lowest BCUT2D eigenvalue weighted by molar-refractivity contribution is -0.124. The van der Waals surface area contributed by atoms with Crippen LogP contribution in [0.5, 0.6) is 5.75 Å². The number of carbonyl (C=O) groups is 1. The molecule has 0 atom stereocenters. The Bertz CT molecular complexity index is 931. The Labute approximate surface area is 176 Å². The first-order chi connectivity index (χ1) is 13.7. The van der Waals surface area contributed by atoms with Gasteiger partial charge in [-0.25, -0.2) is 0 Å². The lowest BCUT2D eigenvalue weighted by atomic mass is 9.94. The minimum absolute atomic E-state index is 0.0521. The number of carbonyl (C=O) groups excluding carboxylic acids is 1. The van der Waals surface area contributed by atoms with Crippen LogP contribution in [0.15, 0.2) is 41.3 Å². The van der Waals surface area contributed by atoms with Crippen molar-refractivity contribution in [3.8, 4) is 5.75 Å². The molecule has 1 aliphatic carbocycles. The normalized spacial score (nSPS) is 19.8. The van der Waals surface area contributed by atoms with Gasteiger partial charge in [-0.3, -0.25) is 9.69 Å². The Balaban J connectivity index is 1.72. The number of ether oxygens (including phenoxy) is 1. The average Bonchev–Trinajstić information content (AvgIpc) is 3.01. The predicted octanol–water partition coefficient (Wildman–Crippen LogP) is 6.16. The number of fused-ring (bicyclic) bond motifs is 1. The van der Waals surface area contributed by atoms with Gasteiger partial charge >= 0.3 is 0 Å². The molecule has 28 heavy (non-hydrogen) atoms. The van der Waals surface area contributed by atoms with E-state index in [0.717, 1.165) is 41.3 Å². The van der Waals surface area contributed by atoms with E-state index in [4.69, 9.17) is 17.0 Å². The fraction of sp³-hybridized carbons (Fsp3) is 0.391. The second kappa shape index (κ2) is 8.66. The zero-order chi connectivity index (χ0) is 19.5. The highest BCUT2D eigenvalue weighted by atomic mass is 32.2. The van der Waals surface area contributed by atoms with Gasteiger partial charge in [-0.15, -0.1) is 0 Å². The largest absolute Gasteiger partial charge is 0.493 e. The molecule has 1 saturated heterocycles. The molecule has 2 aromatic rings. The lowest BCUT2D eigenvalue weighted by Gasteiger charge is -2.29. The smallest absolute Gasteiger partial charge is 0.266 e. The molecule has 0 radical (unpaired) electrons. The topological polar surface area (TPSA) is 29.5 Å². The molecule has 0 aromatic heterocycles. The van der Waals surface area contributed by atoms with Gasteiger partial charge in [-0.05, 0) is 42.2 Å². The summed E-state index contributed by atoms with van der Waals surface area (Å²) in [6, 6.07) is 12.6. The standard InChI is InChI=1S/C23H25NO2S2/c1-2-14-26-20-13-12-16-8-6-7-11-18(16)19(20)15-21-22(25)24(23(27)28-21)17-9-4-3-5-10-17/h6-8,11-13,15,17H,2-5,9-10,14H2,1H3/b21-15+. The average molecular weight is 412 g/mol. The second-order valence-electron chi connectivity index (χ2n) is 7.39. The van der Waals surface area contributed by atoms with Crippen LogP contribution in [0.4, 0.5) is 0 Å². The van der Waals surface area contributed by atoms with Crippen molar-refractivity contribution in [3.05, 3.63) is 46.9 Å². The minimum Gasteiger partial charge on any atom is -0.493 e. The third-order valence-corrected chi connectivity index (χ3v) is 6.76. The van der Waals surface area contributed by atoms with Crippen LogP contribution in [0.3, 0.4) is 0 Å². The van der Waals surface area contributed by atoms with E-state index in [1.54, 1.807) is 0 Å². The van der Waals surface area contributed by atoms with Gasteiger partial charge in [0, 0.05) is 11.6 Å². The number of thioether (sulfide) groups is 1. The molecule has 3 nitrogen and oxygen atoms in total. The lowest BCUT2D eigenvalue weighted by Crippen LogP contribution is -2.39. The Hall–Kier alpha value is -1.85. The molecule has 2 fully saturated rings. The van der Waals surface area contributed by atoms with Crippen molar-refractivity contribution in [3.63, 3.8) is 0 Å². The number of amides is 1. The predicted molar refractivity (Wildman–Crippen MR) is 122 cm³/mol. The molecule has 4 rings (SSSR count).